The van der Waals surface area contributed by atoms with Crippen molar-refractivity contribution in [2.24, 2.45) is 0 Å². The molecule has 0 unspecified atom stereocenters. The molecule has 25 heavy (non-hydrogen) atoms. The predicted molar refractivity (Wildman–Crippen MR) is 91.6 cm³/mol. The molecule has 2 aromatic rings. The van der Waals surface area contributed by atoms with Crippen molar-refractivity contribution < 1.29 is 14.5 Å². The highest BCUT2D eigenvalue weighted by Crippen LogP contribution is 2.34. The number of hydrogen-bond acceptors (Lipinski definition) is 6. The molecule has 1 aromatic carbocycles. The van der Waals surface area contributed by atoms with Crippen LogP contribution in [0, 0.1) is 21.4 Å². The van der Waals surface area contributed by atoms with E-state index < -0.39 is 10.9 Å². The van der Waals surface area contributed by atoms with Crippen LogP contribution >= 0.6 is 0 Å². The summed E-state index contributed by atoms with van der Waals surface area (Å²) < 4.78 is 6.14. The Kier molecular flexibility index (Phi) is 4.52. The molecule has 0 bridgehead atoms. The molecule has 0 spiro atoms. The van der Waals surface area contributed by atoms with Gasteiger partial charge in [-0.05, 0) is 17.0 Å². The topological polar surface area (TPSA) is 124 Å². The summed E-state index contributed by atoms with van der Waals surface area (Å²) in [6.07, 6.45) is 1.38. The highest BCUT2D eigenvalue weighted by molar-refractivity contribution is 5.96. The van der Waals surface area contributed by atoms with Crippen LogP contribution in [0.1, 0.15) is 42.4 Å². The minimum absolute atomic E-state index is 0.0271. The van der Waals surface area contributed by atoms with E-state index in [4.69, 9.17) is 10.5 Å². The summed E-state index contributed by atoms with van der Waals surface area (Å²) in [4.78, 5) is 22.8. The number of aromatic nitrogens is 1. The normalized spacial score (nSPS) is 11.0. The molecule has 0 aliphatic heterocycles. The highest BCUT2D eigenvalue weighted by atomic mass is 16.6. The molecule has 0 atom stereocenters. The Hall–Kier alpha value is -3.34. The van der Waals surface area contributed by atoms with Crippen LogP contribution in [-0.4, -0.2) is 22.6 Å². The number of anilines is 1. The number of nitriles is 1. The van der Waals surface area contributed by atoms with Crippen LogP contribution in [0.5, 0.6) is 0 Å². The summed E-state index contributed by atoms with van der Waals surface area (Å²) in [5, 5.41) is 20.4. The Morgan fingerprint density at radius 1 is 1.40 bits per heavy atom. The summed E-state index contributed by atoms with van der Waals surface area (Å²) in [6.45, 7) is 5.81. The molecule has 0 aliphatic rings. The molecule has 1 aromatic heterocycles. The summed E-state index contributed by atoms with van der Waals surface area (Å²) in [5.41, 5.74) is 6.58. The molecule has 0 aliphatic carbocycles. The van der Waals surface area contributed by atoms with Crippen molar-refractivity contribution in [2.75, 3.05) is 12.8 Å². The van der Waals surface area contributed by atoms with Crippen LogP contribution in [-0.2, 0) is 10.2 Å². The molecule has 1 heterocycles. The molecule has 0 radical (unpaired) electrons. The van der Waals surface area contributed by atoms with Gasteiger partial charge in [0.15, 0.2) is 5.69 Å². The van der Waals surface area contributed by atoms with Crippen LogP contribution in [0.15, 0.2) is 24.4 Å². The molecular formula is C17H18N4O4. The lowest BCUT2D eigenvalue weighted by Gasteiger charge is -2.24. The number of rotatable bonds is 3. The number of ether oxygens (including phenoxy) is 1. The average molecular weight is 342 g/mol. The van der Waals surface area contributed by atoms with E-state index in [9.17, 15) is 20.2 Å². The van der Waals surface area contributed by atoms with E-state index in [1.54, 1.807) is 6.07 Å². The average Bonchev–Trinajstić information content (AvgIpc) is 2.89. The van der Waals surface area contributed by atoms with Crippen LogP contribution in [0.3, 0.4) is 0 Å². The highest BCUT2D eigenvalue weighted by Gasteiger charge is 2.27. The zero-order valence-corrected chi connectivity index (χ0v) is 14.4. The van der Waals surface area contributed by atoms with Gasteiger partial charge in [0.05, 0.1) is 29.0 Å². The SMILES string of the molecule is COC(=O)c1c(N)c(C#N)cn1-c1cc([N+](=O)[O-])ccc1C(C)(C)C. The Labute approximate surface area is 144 Å². The van der Waals surface area contributed by atoms with Gasteiger partial charge in [-0.25, -0.2) is 4.79 Å². The van der Waals surface area contributed by atoms with Crippen LogP contribution < -0.4 is 5.73 Å². The van der Waals surface area contributed by atoms with Crippen molar-refractivity contribution in [3.63, 3.8) is 0 Å². The molecule has 0 fully saturated rings. The Bertz CT molecular complexity index is 901. The number of esters is 1. The van der Waals surface area contributed by atoms with Crippen LogP contribution in [0.4, 0.5) is 11.4 Å². The number of carbonyl (C=O) groups is 1. The van der Waals surface area contributed by atoms with Gasteiger partial charge in [0.1, 0.15) is 6.07 Å². The molecule has 130 valence electrons. The minimum Gasteiger partial charge on any atom is -0.464 e. The van der Waals surface area contributed by atoms with Gasteiger partial charge < -0.3 is 15.0 Å². The number of carbonyl (C=O) groups excluding carboxylic acids is 1. The lowest BCUT2D eigenvalue weighted by atomic mass is 9.85. The largest absolute Gasteiger partial charge is 0.464 e. The fourth-order valence-electron chi connectivity index (χ4n) is 2.57. The van der Waals surface area contributed by atoms with Gasteiger partial charge in [0.2, 0.25) is 0 Å². The Morgan fingerprint density at radius 3 is 2.52 bits per heavy atom. The van der Waals surface area contributed by atoms with Gasteiger partial charge in [-0.2, -0.15) is 5.26 Å². The monoisotopic (exact) mass is 342 g/mol. The van der Waals surface area contributed by atoms with Gasteiger partial charge in [-0.3, -0.25) is 10.1 Å². The van der Waals surface area contributed by atoms with Crippen molar-refractivity contribution in [1.29, 1.82) is 5.26 Å². The van der Waals surface area contributed by atoms with E-state index >= 15 is 0 Å². The van der Waals surface area contributed by atoms with Crippen molar-refractivity contribution in [3.05, 3.63) is 51.3 Å². The Morgan fingerprint density at radius 2 is 2.04 bits per heavy atom. The molecule has 2 N–H and O–H groups in total. The standard InChI is InChI=1S/C17H18N4O4/c1-17(2,3)12-6-5-11(21(23)24)7-13(12)20-9-10(8-18)14(19)15(20)16(22)25-4/h5-7,9H,19H2,1-4H3. The lowest BCUT2D eigenvalue weighted by Crippen LogP contribution is -2.18. The van der Waals surface area contributed by atoms with E-state index in [0.717, 1.165) is 5.56 Å². The van der Waals surface area contributed by atoms with Crippen molar-refractivity contribution in [2.45, 2.75) is 26.2 Å². The number of nitro groups is 1. The third kappa shape index (κ3) is 3.17. The van der Waals surface area contributed by atoms with Crippen LogP contribution in [0.25, 0.3) is 5.69 Å². The summed E-state index contributed by atoms with van der Waals surface area (Å²) in [6, 6.07) is 6.31. The second kappa shape index (κ2) is 6.28. The third-order valence-corrected chi connectivity index (χ3v) is 3.80. The van der Waals surface area contributed by atoms with Crippen LogP contribution in [0.2, 0.25) is 0 Å². The number of nitrogens with zero attached hydrogens (tertiary/aromatic N) is 3. The van der Waals surface area contributed by atoms with E-state index in [1.807, 2.05) is 26.8 Å². The quantitative estimate of drug-likeness (QED) is 0.519. The van der Waals surface area contributed by atoms with Gasteiger partial charge in [-0.1, -0.05) is 20.8 Å². The zero-order valence-electron chi connectivity index (χ0n) is 14.4. The predicted octanol–water partition coefficient (Wildman–Crippen LogP) is 2.92. The Balaban J connectivity index is 2.90. The van der Waals surface area contributed by atoms with E-state index in [0.29, 0.717) is 5.69 Å². The molecule has 0 saturated carbocycles. The molecule has 8 heteroatoms. The maximum Gasteiger partial charge on any atom is 0.357 e. The summed E-state index contributed by atoms with van der Waals surface area (Å²) >= 11 is 0. The first kappa shape index (κ1) is 18.0. The van der Waals surface area contributed by atoms with E-state index in [1.165, 1.54) is 30.0 Å². The first-order valence-electron chi connectivity index (χ1n) is 7.40. The minimum atomic E-state index is -0.731. The smallest absolute Gasteiger partial charge is 0.357 e. The zero-order chi connectivity index (χ0) is 18.9. The molecule has 0 saturated heterocycles. The van der Waals surface area contributed by atoms with Crippen molar-refractivity contribution in [3.8, 4) is 11.8 Å². The number of hydrogen-bond donors (Lipinski definition) is 1. The second-order valence-corrected chi connectivity index (χ2v) is 6.49. The van der Waals surface area contributed by atoms with Crippen molar-refractivity contribution in [1.82, 2.24) is 4.57 Å². The fraction of sp³-hybridized carbons (Fsp3) is 0.294. The summed E-state index contributed by atoms with van der Waals surface area (Å²) in [5.74, 6) is -0.731. The van der Waals surface area contributed by atoms with Crippen molar-refractivity contribution >= 4 is 17.3 Å². The maximum atomic E-state index is 12.2. The maximum absolute atomic E-state index is 12.2. The molecule has 0 amide bonds. The van der Waals surface area contributed by atoms with Gasteiger partial charge >= 0.3 is 5.97 Å². The second-order valence-electron chi connectivity index (χ2n) is 6.49. The molecule has 8 nitrogen and oxygen atoms in total. The number of nitrogen functional groups attached to an aromatic ring is 1. The first-order chi connectivity index (χ1) is 11.6. The van der Waals surface area contributed by atoms with Gasteiger partial charge in [0.25, 0.3) is 5.69 Å². The fourth-order valence-corrected chi connectivity index (χ4v) is 2.57. The molecule has 2 rings (SSSR count). The summed E-state index contributed by atoms with van der Waals surface area (Å²) in [7, 11) is 1.20. The van der Waals surface area contributed by atoms with E-state index in [2.05, 4.69) is 0 Å². The number of non-ortho nitro benzene ring substituents is 1. The molecular weight excluding hydrogens is 324 g/mol. The number of benzene rings is 1. The lowest BCUT2D eigenvalue weighted by molar-refractivity contribution is -0.384. The van der Waals surface area contributed by atoms with Gasteiger partial charge in [-0.15, -0.1) is 0 Å². The van der Waals surface area contributed by atoms with Gasteiger partial charge in [0, 0.05) is 18.3 Å². The number of methoxy groups -OCH3 is 1. The van der Waals surface area contributed by atoms with E-state index in [-0.39, 0.29) is 28.0 Å². The first-order valence-corrected chi connectivity index (χ1v) is 7.40. The number of nitrogens with two attached hydrogens (primary N) is 1. The third-order valence-electron chi connectivity index (χ3n) is 3.80. The number of nitro benzene ring substituents is 1.